The third-order valence-electron chi connectivity index (χ3n) is 3.04. The quantitative estimate of drug-likeness (QED) is 0.803. The Morgan fingerprint density at radius 3 is 2.62 bits per heavy atom. The number of nitrogens with one attached hydrogen (secondary N) is 2. The predicted octanol–water partition coefficient (Wildman–Crippen LogP) is 3.80. The van der Waals surface area contributed by atoms with Crippen molar-refractivity contribution in [2.75, 3.05) is 10.6 Å². The van der Waals surface area contributed by atoms with Gasteiger partial charge < -0.3 is 16.4 Å². The molecule has 2 aromatic carbocycles. The zero-order chi connectivity index (χ0) is 15.4. The van der Waals surface area contributed by atoms with E-state index >= 15 is 0 Å². The normalized spacial score (nSPS) is 11.8. The highest BCUT2D eigenvalue weighted by atomic mass is 19.1. The van der Waals surface area contributed by atoms with Gasteiger partial charge in [-0.15, -0.1) is 0 Å². The number of benzene rings is 2. The van der Waals surface area contributed by atoms with E-state index in [1.54, 1.807) is 31.2 Å². The molecule has 110 valence electrons. The first-order valence-corrected chi connectivity index (χ1v) is 6.65. The predicted molar refractivity (Wildman–Crippen MR) is 82.8 cm³/mol. The molecule has 2 aromatic rings. The molecule has 4 N–H and O–H groups in total. The van der Waals surface area contributed by atoms with Crippen molar-refractivity contribution in [3.8, 4) is 0 Å². The third kappa shape index (κ3) is 4.03. The van der Waals surface area contributed by atoms with E-state index in [1.165, 1.54) is 12.1 Å². The van der Waals surface area contributed by atoms with Gasteiger partial charge in [-0.05, 0) is 49.2 Å². The molecule has 2 rings (SSSR count). The molecule has 0 aliphatic rings. The molecule has 2 amide bonds. The highest BCUT2D eigenvalue weighted by molar-refractivity contribution is 5.99. The van der Waals surface area contributed by atoms with Crippen LogP contribution in [0.4, 0.5) is 20.6 Å². The largest absolute Gasteiger partial charge is 0.324 e. The van der Waals surface area contributed by atoms with Gasteiger partial charge >= 0.3 is 6.03 Å². The topological polar surface area (TPSA) is 67.2 Å². The molecule has 0 saturated heterocycles. The number of carbonyl (C=O) groups is 1. The Labute approximate surface area is 123 Å². The minimum absolute atomic E-state index is 0.121. The molecule has 1 atom stereocenters. The lowest BCUT2D eigenvalue weighted by atomic mass is 10.1. The summed E-state index contributed by atoms with van der Waals surface area (Å²) in [5.74, 6) is -0.463. The Balaban J connectivity index is 2.06. The Morgan fingerprint density at radius 1 is 1.19 bits per heavy atom. The van der Waals surface area contributed by atoms with Gasteiger partial charge in [0.15, 0.2) is 0 Å². The van der Waals surface area contributed by atoms with Gasteiger partial charge in [0.05, 0.1) is 5.69 Å². The molecule has 5 heteroatoms. The maximum atomic E-state index is 13.7. The molecular weight excluding hydrogens is 269 g/mol. The van der Waals surface area contributed by atoms with E-state index in [-0.39, 0.29) is 11.7 Å². The lowest BCUT2D eigenvalue weighted by Crippen LogP contribution is -2.20. The van der Waals surface area contributed by atoms with E-state index in [1.807, 2.05) is 13.0 Å². The van der Waals surface area contributed by atoms with Crippen molar-refractivity contribution < 1.29 is 9.18 Å². The average molecular weight is 287 g/mol. The second-order valence-electron chi connectivity index (χ2n) is 4.98. The Hall–Kier alpha value is -2.40. The highest BCUT2D eigenvalue weighted by Gasteiger charge is 2.08. The SMILES string of the molecule is Cc1ccc(NC(=O)Nc2cccc(C(C)N)c2)c(F)c1. The van der Waals surface area contributed by atoms with Gasteiger partial charge in [0.2, 0.25) is 0 Å². The first-order valence-electron chi connectivity index (χ1n) is 6.65. The van der Waals surface area contributed by atoms with Gasteiger partial charge in [0.25, 0.3) is 0 Å². The minimum atomic E-state index is -0.500. The van der Waals surface area contributed by atoms with Crippen LogP contribution in [0.15, 0.2) is 42.5 Å². The second-order valence-corrected chi connectivity index (χ2v) is 4.98. The first-order chi connectivity index (χ1) is 9.95. The molecule has 4 nitrogen and oxygen atoms in total. The van der Waals surface area contributed by atoms with Crippen LogP contribution in [0.5, 0.6) is 0 Å². The zero-order valence-corrected chi connectivity index (χ0v) is 12.0. The number of anilines is 2. The van der Waals surface area contributed by atoms with Gasteiger partial charge in [-0.3, -0.25) is 0 Å². The summed E-state index contributed by atoms with van der Waals surface area (Å²) in [4.78, 5) is 11.9. The zero-order valence-electron chi connectivity index (χ0n) is 12.0. The summed E-state index contributed by atoms with van der Waals surface area (Å²) in [6.45, 7) is 3.65. The minimum Gasteiger partial charge on any atom is -0.324 e. The highest BCUT2D eigenvalue weighted by Crippen LogP contribution is 2.18. The van der Waals surface area contributed by atoms with Crippen LogP contribution < -0.4 is 16.4 Å². The number of amides is 2. The van der Waals surface area contributed by atoms with Crippen molar-refractivity contribution in [3.05, 3.63) is 59.4 Å². The van der Waals surface area contributed by atoms with Gasteiger partial charge in [-0.2, -0.15) is 0 Å². The summed E-state index contributed by atoms with van der Waals surface area (Å²) in [5.41, 5.74) is 8.25. The Kier molecular flexibility index (Phi) is 4.55. The summed E-state index contributed by atoms with van der Waals surface area (Å²) >= 11 is 0. The van der Waals surface area contributed by atoms with E-state index in [9.17, 15) is 9.18 Å². The number of carbonyl (C=O) groups excluding carboxylic acids is 1. The molecule has 0 aliphatic carbocycles. The van der Waals surface area contributed by atoms with Crippen LogP contribution in [0.2, 0.25) is 0 Å². The number of urea groups is 1. The first kappa shape index (κ1) is 15.0. The van der Waals surface area contributed by atoms with E-state index in [2.05, 4.69) is 10.6 Å². The molecule has 0 aromatic heterocycles. The van der Waals surface area contributed by atoms with Crippen LogP contribution in [0.3, 0.4) is 0 Å². The number of nitrogens with two attached hydrogens (primary N) is 1. The molecule has 1 unspecified atom stereocenters. The van der Waals surface area contributed by atoms with Crippen molar-refractivity contribution in [1.29, 1.82) is 0 Å². The van der Waals surface area contributed by atoms with Crippen LogP contribution >= 0.6 is 0 Å². The fourth-order valence-corrected chi connectivity index (χ4v) is 1.91. The number of halogens is 1. The lowest BCUT2D eigenvalue weighted by molar-refractivity contribution is 0.262. The summed E-state index contributed by atoms with van der Waals surface area (Å²) in [6.07, 6.45) is 0. The number of rotatable bonds is 3. The van der Waals surface area contributed by atoms with E-state index in [0.29, 0.717) is 5.69 Å². The number of aryl methyl sites for hydroxylation is 1. The molecule has 0 spiro atoms. The van der Waals surface area contributed by atoms with Gasteiger partial charge in [0.1, 0.15) is 5.82 Å². The fraction of sp³-hybridized carbons (Fsp3) is 0.188. The summed E-state index contributed by atoms with van der Waals surface area (Å²) in [6, 6.07) is 11.2. The average Bonchev–Trinajstić information content (AvgIpc) is 2.42. The van der Waals surface area contributed by atoms with Crippen LogP contribution in [0, 0.1) is 12.7 Å². The van der Waals surface area contributed by atoms with Gasteiger partial charge in [-0.1, -0.05) is 18.2 Å². The maximum absolute atomic E-state index is 13.7. The second kappa shape index (κ2) is 6.37. The molecular formula is C16H18FN3O. The molecule has 21 heavy (non-hydrogen) atoms. The standard InChI is InChI=1S/C16H18FN3O/c1-10-6-7-15(14(17)8-10)20-16(21)19-13-5-3-4-12(9-13)11(2)18/h3-9,11H,18H2,1-2H3,(H2,19,20,21). The van der Waals surface area contributed by atoms with Crippen LogP contribution in [0.1, 0.15) is 24.1 Å². The molecule has 0 bridgehead atoms. The van der Waals surface area contributed by atoms with Crippen molar-refractivity contribution in [1.82, 2.24) is 0 Å². The Bertz CT molecular complexity index is 656. The summed E-state index contributed by atoms with van der Waals surface area (Å²) in [5, 5.41) is 5.13. The van der Waals surface area contributed by atoms with Crippen molar-refractivity contribution in [2.45, 2.75) is 19.9 Å². The van der Waals surface area contributed by atoms with Crippen molar-refractivity contribution in [2.24, 2.45) is 5.73 Å². The van der Waals surface area contributed by atoms with Crippen molar-refractivity contribution in [3.63, 3.8) is 0 Å². The molecule has 0 fully saturated rings. The van der Waals surface area contributed by atoms with Crippen molar-refractivity contribution >= 4 is 17.4 Å². The molecule has 0 radical (unpaired) electrons. The number of hydrogen-bond donors (Lipinski definition) is 3. The van der Waals surface area contributed by atoms with Gasteiger partial charge in [-0.25, -0.2) is 9.18 Å². The van der Waals surface area contributed by atoms with Crippen LogP contribution in [-0.4, -0.2) is 6.03 Å². The monoisotopic (exact) mass is 287 g/mol. The smallest absolute Gasteiger partial charge is 0.323 e. The number of hydrogen-bond acceptors (Lipinski definition) is 2. The van der Waals surface area contributed by atoms with Gasteiger partial charge in [0, 0.05) is 11.7 Å². The lowest BCUT2D eigenvalue weighted by Gasteiger charge is -2.11. The molecule has 0 saturated carbocycles. The van der Waals surface area contributed by atoms with Crippen LogP contribution in [0.25, 0.3) is 0 Å². The molecule has 0 heterocycles. The third-order valence-corrected chi connectivity index (χ3v) is 3.04. The maximum Gasteiger partial charge on any atom is 0.323 e. The Morgan fingerprint density at radius 2 is 1.95 bits per heavy atom. The van der Waals surface area contributed by atoms with Crippen LogP contribution in [-0.2, 0) is 0 Å². The van der Waals surface area contributed by atoms with E-state index < -0.39 is 11.8 Å². The van der Waals surface area contributed by atoms with E-state index in [0.717, 1.165) is 11.1 Å². The molecule has 0 aliphatic heterocycles. The summed E-state index contributed by atoms with van der Waals surface area (Å²) in [7, 11) is 0. The van der Waals surface area contributed by atoms with E-state index in [4.69, 9.17) is 5.73 Å². The fourth-order valence-electron chi connectivity index (χ4n) is 1.91. The summed E-state index contributed by atoms with van der Waals surface area (Å²) < 4.78 is 13.7.